The third kappa shape index (κ3) is 6.89. The van der Waals surface area contributed by atoms with Crippen LogP contribution in [0.4, 0.5) is 8.78 Å². The predicted molar refractivity (Wildman–Crippen MR) is 225 cm³/mol. The molecule has 5 saturated carbocycles. The lowest BCUT2D eigenvalue weighted by Gasteiger charge is -2.72. The Kier molecular flexibility index (Phi) is 11.3. The fraction of sp³-hybridized carbons (Fsp3) is 0.729. The molecule has 2 amide bonds. The van der Waals surface area contributed by atoms with Crippen molar-refractivity contribution in [3.05, 3.63) is 46.0 Å². The van der Waals surface area contributed by atoms with Gasteiger partial charge in [-0.2, -0.15) is 8.78 Å². The number of ketones is 1. The van der Waals surface area contributed by atoms with Gasteiger partial charge in [-0.15, -0.1) is 0 Å². The van der Waals surface area contributed by atoms with E-state index in [9.17, 15) is 34.2 Å². The quantitative estimate of drug-likeness (QED) is 0.134. The largest absolute Gasteiger partial charge is 0.481 e. The van der Waals surface area contributed by atoms with Gasteiger partial charge >= 0.3 is 23.9 Å². The van der Waals surface area contributed by atoms with Gasteiger partial charge < -0.3 is 20.3 Å². The van der Waals surface area contributed by atoms with Crippen LogP contribution in [0.2, 0.25) is 5.02 Å². The third-order valence-corrected chi connectivity index (χ3v) is 18.5. The number of allylic oxidation sites excluding steroid dienone is 1. The van der Waals surface area contributed by atoms with Crippen molar-refractivity contribution in [3.8, 4) is 0 Å². The number of amides is 2. The van der Waals surface area contributed by atoms with E-state index in [1.807, 2.05) is 27.7 Å². The van der Waals surface area contributed by atoms with Crippen LogP contribution in [0.25, 0.3) is 0 Å². The normalized spacial score (nSPS) is 37.9. The number of halogens is 3. The zero-order valence-corrected chi connectivity index (χ0v) is 37.9. The van der Waals surface area contributed by atoms with Crippen LogP contribution < -0.4 is 10.6 Å². The minimum absolute atomic E-state index is 0.0391. The molecule has 6 aliphatic carbocycles. The summed E-state index contributed by atoms with van der Waals surface area (Å²) in [5.41, 5.74) is -0.906. The second kappa shape index (κ2) is 15.1. The first-order valence-corrected chi connectivity index (χ1v) is 22.7. The molecule has 336 valence electrons. The zero-order valence-electron chi connectivity index (χ0n) is 37.2. The van der Waals surface area contributed by atoms with Gasteiger partial charge in [0, 0.05) is 34.4 Å². The summed E-state index contributed by atoms with van der Waals surface area (Å²) in [5.74, 6) is -4.70. The Morgan fingerprint density at radius 3 is 2.13 bits per heavy atom. The summed E-state index contributed by atoms with van der Waals surface area (Å²) in [6.45, 7) is 18.8. The lowest BCUT2D eigenvalue weighted by molar-refractivity contribution is -0.238. The molecule has 4 N–H and O–H groups in total. The Morgan fingerprint density at radius 1 is 0.869 bits per heavy atom. The van der Waals surface area contributed by atoms with Crippen molar-refractivity contribution in [2.45, 2.75) is 145 Å². The fourth-order valence-electron chi connectivity index (χ4n) is 14.6. The zero-order chi connectivity index (χ0) is 45.0. The van der Waals surface area contributed by atoms with Crippen molar-refractivity contribution >= 4 is 41.1 Å². The topological polar surface area (TPSA) is 159 Å². The first-order chi connectivity index (χ1) is 28.2. The number of aliphatic hydroxyl groups is 1. The van der Waals surface area contributed by atoms with Gasteiger partial charge in [0.05, 0.1) is 17.9 Å². The Labute approximate surface area is 363 Å². The summed E-state index contributed by atoms with van der Waals surface area (Å²) in [6.07, 6.45) is 5.09. The molecule has 10 nitrogen and oxygen atoms in total. The Balaban J connectivity index is 1.10. The number of rotatable bonds is 10. The number of ether oxygens (including phenoxy) is 1. The van der Waals surface area contributed by atoms with Crippen LogP contribution in [0.3, 0.4) is 0 Å². The second-order valence-electron chi connectivity index (χ2n) is 21.9. The molecule has 0 saturated heterocycles. The van der Waals surface area contributed by atoms with E-state index < -0.39 is 59.1 Å². The fourth-order valence-corrected chi connectivity index (χ4v) is 14.7. The molecule has 0 radical (unpaired) electrons. The monoisotopic (exact) mass is 870 g/mol. The maximum Gasteiger partial charge on any atom is 0.404 e. The Morgan fingerprint density at radius 2 is 1.52 bits per heavy atom. The molecule has 0 aliphatic heterocycles. The summed E-state index contributed by atoms with van der Waals surface area (Å²) in [7, 11) is 0. The molecule has 11 atom stereocenters. The second-order valence-corrected chi connectivity index (χ2v) is 22.3. The van der Waals surface area contributed by atoms with Crippen LogP contribution in [0.15, 0.2) is 35.4 Å². The van der Waals surface area contributed by atoms with Crippen LogP contribution in [0.5, 0.6) is 0 Å². The number of fused-ring (bicyclic) bond motifs is 7. The van der Waals surface area contributed by atoms with Crippen molar-refractivity contribution in [1.82, 2.24) is 10.6 Å². The van der Waals surface area contributed by atoms with Crippen molar-refractivity contribution < 1.29 is 47.7 Å². The molecule has 61 heavy (non-hydrogen) atoms. The number of nitrogens with one attached hydrogen (secondary N) is 2. The molecule has 0 aromatic heterocycles. The number of hydrogen-bond acceptors (Lipinski definition) is 7. The molecule has 0 bridgehead atoms. The van der Waals surface area contributed by atoms with Gasteiger partial charge in [0.1, 0.15) is 6.10 Å². The maximum atomic E-state index is 15.1. The van der Waals surface area contributed by atoms with Crippen LogP contribution in [-0.4, -0.2) is 64.5 Å². The number of alkyl halides is 2. The van der Waals surface area contributed by atoms with E-state index in [1.165, 1.54) is 29.6 Å². The minimum atomic E-state index is -4.27. The van der Waals surface area contributed by atoms with Gasteiger partial charge in [-0.05, 0) is 133 Å². The lowest BCUT2D eigenvalue weighted by atomic mass is 9.33. The molecular weight excluding hydrogens is 806 g/mol. The number of carboxylic acid groups (broad SMARTS) is 1. The highest BCUT2D eigenvalue weighted by Gasteiger charge is 2.71. The number of Topliss-reactive ketones (excluding diaryl/α,β-unsaturated/α-hetero) is 1. The average molecular weight is 872 g/mol. The summed E-state index contributed by atoms with van der Waals surface area (Å²) >= 11 is 5.86. The number of aliphatic carboxylic acids is 1. The van der Waals surface area contributed by atoms with E-state index in [2.05, 4.69) is 39.9 Å². The van der Waals surface area contributed by atoms with E-state index >= 15 is 8.78 Å². The van der Waals surface area contributed by atoms with E-state index in [0.717, 1.165) is 49.7 Å². The number of carbonyl (C=O) groups is 5. The lowest BCUT2D eigenvalue weighted by Crippen LogP contribution is -2.66. The molecule has 1 aromatic rings. The molecule has 13 heteroatoms. The number of hydrogen-bond donors (Lipinski definition) is 4. The standard InChI is InChI=1S/C48H65ClF2N2O8/c1-25(2)36-31(54)23-47(34(55)24-52-41(60)48(50,51)53-38(56)26-10-12-27(49)13-11-26)21-20-45(8)28(37(36)47)14-15-33-44(7)18-17-35(43(5,6)32(44)16-19-46(33,45)9)61-40(59)30-22-29(39(57)58)42(30,3)4/h10-13,25,28-30,32-35,55H,14-24H2,1-9H3,(H,52,60)(H,53,56)(H,57,58)/t28-,29+,30-,32+,33-,34+,35+,44+,45-,46-,47+/m1/s1. The number of aliphatic hydroxyl groups excluding tert-OH is 1. The molecular formula is C48H65ClF2N2O8. The Hall–Kier alpha value is -3.38. The summed E-state index contributed by atoms with van der Waals surface area (Å²) < 4.78 is 36.6. The molecule has 0 heterocycles. The van der Waals surface area contributed by atoms with Crippen LogP contribution >= 0.6 is 11.6 Å². The third-order valence-electron chi connectivity index (χ3n) is 18.3. The van der Waals surface area contributed by atoms with Gasteiger partial charge in [-0.1, -0.05) is 79.5 Å². The first-order valence-electron chi connectivity index (χ1n) is 22.3. The number of esters is 1. The predicted octanol–water partition coefficient (Wildman–Crippen LogP) is 8.78. The number of benzene rings is 1. The van der Waals surface area contributed by atoms with Crippen molar-refractivity contribution in [2.24, 2.45) is 68.0 Å². The van der Waals surface area contributed by atoms with Gasteiger partial charge in [-0.3, -0.25) is 29.3 Å². The highest BCUT2D eigenvalue weighted by atomic mass is 35.5. The summed E-state index contributed by atoms with van der Waals surface area (Å²) in [4.78, 5) is 65.0. The van der Waals surface area contributed by atoms with Crippen molar-refractivity contribution in [2.75, 3.05) is 6.54 Å². The van der Waals surface area contributed by atoms with Gasteiger partial charge in [0.25, 0.3) is 5.91 Å². The van der Waals surface area contributed by atoms with Crippen molar-refractivity contribution in [1.29, 1.82) is 0 Å². The average Bonchev–Trinajstić information content (AvgIpc) is 3.47. The van der Waals surface area contributed by atoms with E-state index in [-0.39, 0.29) is 69.3 Å². The first kappa shape index (κ1) is 45.6. The van der Waals surface area contributed by atoms with E-state index in [1.54, 1.807) is 0 Å². The Bertz CT molecular complexity index is 2030. The van der Waals surface area contributed by atoms with Gasteiger partial charge in [0.15, 0.2) is 5.78 Å². The van der Waals surface area contributed by atoms with Crippen molar-refractivity contribution in [3.63, 3.8) is 0 Å². The van der Waals surface area contributed by atoms with E-state index in [0.29, 0.717) is 30.2 Å². The molecule has 1 aromatic carbocycles. The summed E-state index contributed by atoms with van der Waals surface area (Å²) in [6, 6.07) is 1.02. The molecule has 0 unspecified atom stereocenters. The number of carbonyl (C=O) groups excluding carboxylic acids is 4. The minimum Gasteiger partial charge on any atom is -0.481 e. The molecule has 5 fully saturated rings. The van der Waals surface area contributed by atoms with Crippen LogP contribution in [0, 0.1) is 68.0 Å². The molecule has 7 rings (SSSR count). The summed E-state index contributed by atoms with van der Waals surface area (Å²) in [5, 5.41) is 25.7. The smallest absolute Gasteiger partial charge is 0.404 e. The highest BCUT2D eigenvalue weighted by molar-refractivity contribution is 6.30. The SMILES string of the molecule is CC(C)C1=C2[C@H]3CC[C@@H]4[C@@]5(C)CC[C@H](OC(=O)[C@H]6C[C@@H](C(=O)O)C6(C)C)C(C)(C)[C@@H]5CC[C@@]4(C)[C@]3(C)CC[C@@]2([C@@H](O)CNC(=O)C(F)(F)NC(=O)c2ccc(Cl)cc2)CC1=O. The maximum absolute atomic E-state index is 15.1. The molecule has 0 spiro atoms. The van der Waals surface area contributed by atoms with Gasteiger partial charge in [-0.25, -0.2) is 0 Å². The molecule has 6 aliphatic rings. The highest BCUT2D eigenvalue weighted by Crippen LogP contribution is 2.77. The number of carboxylic acids is 1. The van der Waals surface area contributed by atoms with Gasteiger partial charge in [0.2, 0.25) is 0 Å². The van der Waals surface area contributed by atoms with Crippen LogP contribution in [-0.2, 0) is 23.9 Å². The van der Waals surface area contributed by atoms with Crippen LogP contribution in [0.1, 0.15) is 137 Å². The van der Waals surface area contributed by atoms with E-state index in [4.69, 9.17) is 16.3 Å².